The number of hydrogen-bond donors (Lipinski definition) is 2. The second-order valence-electron chi connectivity index (χ2n) is 7.90. The van der Waals surface area contributed by atoms with Gasteiger partial charge in [0.25, 0.3) is 0 Å². The van der Waals surface area contributed by atoms with Gasteiger partial charge in [0.05, 0.1) is 5.69 Å². The molecule has 164 valence electrons. The Morgan fingerprint density at radius 2 is 1.75 bits per heavy atom. The van der Waals surface area contributed by atoms with Crippen LogP contribution >= 0.6 is 0 Å². The average molecular weight is 438 g/mol. The number of halogens is 3. The first-order chi connectivity index (χ1) is 15.1. The third kappa shape index (κ3) is 4.21. The molecule has 0 atom stereocenters. The number of aromatic nitrogens is 3. The van der Waals surface area contributed by atoms with Crippen LogP contribution in [0.2, 0.25) is 0 Å². The molecule has 4 rings (SSSR count). The number of fused-ring (bicyclic) bond motifs is 1. The highest BCUT2D eigenvalue weighted by atomic mass is 19.4. The zero-order valence-electron chi connectivity index (χ0n) is 17.7. The van der Waals surface area contributed by atoms with E-state index < -0.39 is 12.1 Å². The molecule has 1 aromatic carbocycles. The van der Waals surface area contributed by atoms with Crippen molar-refractivity contribution in [2.75, 3.05) is 5.32 Å². The van der Waals surface area contributed by atoms with Crippen LogP contribution in [-0.2, 0) is 4.79 Å². The fraction of sp³-hybridized carbons (Fsp3) is 0.208. The van der Waals surface area contributed by atoms with Crippen molar-refractivity contribution >= 4 is 22.6 Å². The molecule has 3 heterocycles. The molecule has 0 saturated heterocycles. The van der Waals surface area contributed by atoms with Crippen molar-refractivity contribution in [1.82, 2.24) is 15.0 Å². The lowest BCUT2D eigenvalue weighted by Gasteiger charge is -2.10. The van der Waals surface area contributed by atoms with Crippen LogP contribution in [0.25, 0.3) is 33.3 Å². The van der Waals surface area contributed by atoms with E-state index in [-0.39, 0.29) is 11.7 Å². The number of nitrogens with one attached hydrogen (secondary N) is 2. The van der Waals surface area contributed by atoms with Gasteiger partial charge in [-0.1, -0.05) is 19.9 Å². The second kappa shape index (κ2) is 8.11. The van der Waals surface area contributed by atoms with Crippen LogP contribution in [0.1, 0.15) is 31.0 Å². The average Bonchev–Trinajstić information content (AvgIpc) is 3.12. The number of benzene rings is 1. The Morgan fingerprint density at radius 1 is 1.00 bits per heavy atom. The summed E-state index contributed by atoms with van der Waals surface area (Å²) in [5.41, 5.74) is 6.80. The van der Waals surface area contributed by atoms with Gasteiger partial charge in [-0.15, -0.1) is 0 Å². The molecule has 0 aliphatic carbocycles. The van der Waals surface area contributed by atoms with Gasteiger partial charge in [-0.05, 0) is 60.4 Å². The number of aryl methyl sites for hydroxylation is 1. The first-order valence-electron chi connectivity index (χ1n) is 10.1. The molecule has 3 aromatic heterocycles. The van der Waals surface area contributed by atoms with Crippen molar-refractivity contribution in [1.29, 1.82) is 0 Å². The molecule has 0 unspecified atom stereocenters. The van der Waals surface area contributed by atoms with Gasteiger partial charge >= 0.3 is 12.1 Å². The Balaban J connectivity index is 1.72. The molecule has 32 heavy (non-hydrogen) atoms. The minimum atomic E-state index is -4.96. The van der Waals surface area contributed by atoms with Gasteiger partial charge in [-0.25, -0.2) is 4.98 Å². The molecule has 4 aromatic rings. The standard InChI is InChI=1S/C24H21F3N4O/c1-13(2)21-18-11-15(17-5-7-20(29-12-17)31-23(32)24(25,26)27)4-6-19(18)30-22(21)16-8-9-28-14(3)10-16/h4-13,30H,1-3H3,(H,29,31,32). The van der Waals surface area contributed by atoms with E-state index in [2.05, 4.69) is 28.8 Å². The Kier molecular flexibility index (Phi) is 5.46. The van der Waals surface area contributed by atoms with Crippen molar-refractivity contribution < 1.29 is 18.0 Å². The summed E-state index contributed by atoms with van der Waals surface area (Å²) in [5.74, 6) is -1.95. The van der Waals surface area contributed by atoms with Gasteiger partial charge < -0.3 is 10.3 Å². The minimum absolute atomic E-state index is 0.156. The first-order valence-corrected chi connectivity index (χ1v) is 10.1. The number of nitrogens with zero attached hydrogens (tertiary/aromatic N) is 2. The molecular weight excluding hydrogens is 417 g/mol. The summed E-state index contributed by atoms with van der Waals surface area (Å²) in [4.78, 5) is 22.8. The number of carbonyl (C=O) groups is 1. The number of anilines is 1. The molecule has 5 nitrogen and oxygen atoms in total. The topological polar surface area (TPSA) is 70.7 Å². The van der Waals surface area contributed by atoms with Crippen LogP contribution in [0.3, 0.4) is 0 Å². The largest absolute Gasteiger partial charge is 0.471 e. The van der Waals surface area contributed by atoms with Gasteiger partial charge in [0.1, 0.15) is 5.82 Å². The maximum atomic E-state index is 12.4. The van der Waals surface area contributed by atoms with Gasteiger partial charge in [-0.3, -0.25) is 9.78 Å². The van der Waals surface area contributed by atoms with E-state index in [0.717, 1.165) is 39.0 Å². The van der Waals surface area contributed by atoms with Crippen LogP contribution in [-0.4, -0.2) is 27.0 Å². The van der Waals surface area contributed by atoms with E-state index in [1.807, 2.05) is 37.3 Å². The van der Waals surface area contributed by atoms with Crippen molar-refractivity contribution in [3.8, 4) is 22.4 Å². The fourth-order valence-electron chi connectivity index (χ4n) is 3.75. The van der Waals surface area contributed by atoms with E-state index in [0.29, 0.717) is 0 Å². The molecule has 0 bridgehead atoms. The molecule has 0 fully saturated rings. The normalized spacial score (nSPS) is 11.8. The summed E-state index contributed by atoms with van der Waals surface area (Å²) in [6.45, 7) is 6.21. The number of alkyl halides is 3. The summed E-state index contributed by atoms with van der Waals surface area (Å²) in [5, 5.41) is 2.82. The first kappa shape index (κ1) is 21.5. The van der Waals surface area contributed by atoms with Gasteiger partial charge in [0, 0.05) is 40.1 Å². The molecule has 0 radical (unpaired) electrons. The Morgan fingerprint density at radius 3 is 2.38 bits per heavy atom. The third-order valence-electron chi connectivity index (χ3n) is 5.20. The van der Waals surface area contributed by atoms with Crippen molar-refractivity contribution in [3.05, 3.63) is 66.1 Å². The summed E-state index contributed by atoms with van der Waals surface area (Å²) in [6, 6.07) is 13.0. The molecular formula is C24H21F3N4O. The molecule has 0 saturated carbocycles. The van der Waals surface area contributed by atoms with Crippen molar-refractivity contribution in [3.63, 3.8) is 0 Å². The minimum Gasteiger partial charge on any atom is -0.354 e. The van der Waals surface area contributed by atoms with Crippen LogP contribution in [0.4, 0.5) is 19.0 Å². The number of amides is 1. The third-order valence-corrected chi connectivity index (χ3v) is 5.20. The number of aromatic amines is 1. The number of pyridine rings is 2. The van der Waals surface area contributed by atoms with Crippen molar-refractivity contribution in [2.24, 2.45) is 0 Å². The summed E-state index contributed by atoms with van der Waals surface area (Å²) in [7, 11) is 0. The lowest BCUT2D eigenvalue weighted by molar-refractivity contribution is -0.167. The fourth-order valence-corrected chi connectivity index (χ4v) is 3.75. The van der Waals surface area contributed by atoms with Crippen LogP contribution in [0, 0.1) is 6.92 Å². The number of rotatable bonds is 4. The smallest absolute Gasteiger partial charge is 0.354 e. The lowest BCUT2D eigenvalue weighted by atomic mass is 9.94. The number of H-pyrrole nitrogens is 1. The van der Waals surface area contributed by atoms with Crippen molar-refractivity contribution in [2.45, 2.75) is 32.9 Å². The molecule has 2 N–H and O–H groups in total. The Labute approximate surface area is 182 Å². The highest BCUT2D eigenvalue weighted by Gasteiger charge is 2.38. The monoisotopic (exact) mass is 438 g/mol. The van der Waals surface area contributed by atoms with Crippen LogP contribution < -0.4 is 5.32 Å². The SMILES string of the molecule is Cc1cc(-c2[nH]c3ccc(-c4ccc(NC(=O)C(F)(F)F)nc4)cc3c2C(C)C)ccn1. The summed E-state index contributed by atoms with van der Waals surface area (Å²) < 4.78 is 37.3. The molecule has 8 heteroatoms. The molecule has 0 aliphatic rings. The maximum absolute atomic E-state index is 12.4. The van der Waals surface area contributed by atoms with E-state index in [1.54, 1.807) is 17.6 Å². The zero-order chi connectivity index (χ0) is 23.0. The summed E-state index contributed by atoms with van der Waals surface area (Å²) >= 11 is 0. The number of carbonyl (C=O) groups excluding carboxylic acids is 1. The predicted octanol–water partition coefficient (Wildman–Crippen LogP) is 6.22. The van der Waals surface area contributed by atoms with Crippen LogP contribution in [0.5, 0.6) is 0 Å². The van der Waals surface area contributed by atoms with Crippen LogP contribution in [0.15, 0.2) is 54.9 Å². The summed E-state index contributed by atoms with van der Waals surface area (Å²) in [6.07, 6.45) is -1.73. The van der Waals surface area contributed by atoms with Gasteiger partial charge in [-0.2, -0.15) is 13.2 Å². The highest BCUT2D eigenvalue weighted by molar-refractivity contribution is 5.95. The molecule has 0 aliphatic heterocycles. The molecule has 1 amide bonds. The maximum Gasteiger partial charge on any atom is 0.471 e. The van der Waals surface area contributed by atoms with E-state index in [4.69, 9.17) is 0 Å². The Hall–Kier alpha value is -3.68. The second-order valence-corrected chi connectivity index (χ2v) is 7.90. The lowest BCUT2D eigenvalue weighted by Crippen LogP contribution is -2.30. The van der Waals surface area contributed by atoms with E-state index >= 15 is 0 Å². The van der Waals surface area contributed by atoms with Gasteiger partial charge in [0.15, 0.2) is 0 Å². The highest BCUT2D eigenvalue weighted by Crippen LogP contribution is 2.37. The predicted molar refractivity (Wildman–Crippen MR) is 118 cm³/mol. The molecule has 0 spiro atoms. The quantitative estimate of drug-likeness (QED) is 0.397. The van der Waals surface area contributed by atoms with E-state index in [9.17, 15) is 18.0 Å². The van der Waals surface area contributed by atoms with E-state index in [1.165, 1.54) is 17.8 Å². The zero-order valence-corrected chi connectivity index (χ0v) is 17.7. The Bertz CT molecular complexity index is 1290. The number of hydrogen-bond acceptors (Lipinski definition) is 3. The van der Waals surface area contributed by atoms with Gasteiger partial charge in [0.2, 0.25) is 0 Å².